The Labute approximate surface area is 122 Å². The minimum Gasteiger partial charge on any atom is -0.384 e. The number of hydrogen-bond donors (Lipinski definition) is 2. The maximum absolute atomic E-state index is 12.3. The normalized spacial score (nSPS) is 10.6. The number of hydrogen-bond acceptors (Lipinski definition) is 5. The summed E-state index contributed by atoms with van der Waals surface area (Å²) in [5.74, 6) is 5.32. The second kappa shape index (κ2) is 6.35. The average molecular weight is 303 g/mol. The highest BCUT2D eigenvalue weighted by atomic mass is 32.2. The smallest absolute Gasteiger partial charge is 0.264 e. The van der Waals surface area contributed by atoms with Crippen LogP contribution in [-0.4, -0.2) is 30.1 Å². The molecule has 0 saturated heterocycles. The fraction of sp³-hybridized carbons (Fsp3) is 0.143. The van der Waals surface area contributed by atoms with Gasteiger partial charge < -0.3 is 5.11 Å². The second-order valence-corrected chi connectivity index (χ2v) is 5.83. The molecule has 0 aliphatic carbocycles. The fourth-order valence-corrected chi connectivity index (χ4v) is 2.62. The van der Waals surface area contributed by atoms with Crippen molar-refractivity contribution in [2.45, 2.75) is 11.8 Å². The molecule has 0 aliphatic heterocycles. The quantitative estimate of drug-likeness (QED) is 0.823. The van der Waals surface area contributed by atoms with Gasteiger partial charge in [-0.15, -0.1) is 0 Å². The number of pyridine rings is 2. The third-order valence-corrected chi connectivity index (χ3v) is 3.88. The molecule has 7 heteroatoms. The highest BCUT2D eigenvalue weighted by Gasteiger charge is 2.16. The summed E-state index contributed by atoms with van der Waals surface area (Å²) in [6.45, 7) is 1.45. The van der Waals surface area contributed by atoms with Gasteiger partial charge in [0.1, 0.15) is 17.3 Å². The lowest BCUT2D eigenvalue weighted by atomic mass is 10.3. The topological polar surface area (TPSA) is 92.2 Å². The van der Waals surface area contributed by atoms with Gasteiger partial charge in [0.2, 0.25) is 0 Å². The summed E-state index contributed by atoms with van der Waals surface area (Å²) in [5, 5.41) is 8.65. The van der Waals surface area contributed by atoms with E-state index < -0.39 is 10.0 Å². The summed E-state index contributed by atoms with van der Waals surface area (Å²) in [4.78, 5) is 7.82. The van der Waals surface area contributed by atoms with Crippen LogP contribution in [0.5, 0.6) is 0 Å². The summed E-state index contributed by atoms with van der Waals surface area (Å²) < 4.78 is 27.0. The Morgan fingerprint density at radius 3 is 2.90 bits per heavy atom. The van der Waals surface area contributed by atoms with Gasteiger partial charge in [0.05, 0.1) is 0 Å². The zero-order valence-electron chi connectivity index (χ0n) is 11.2. The molecule has 21 heavy (non-hydrogen) atoms. The first-order chi connectivity index (χ1) is 10.0. The minimum absolute atomic E-state index is 0.0164. The van der Waals surface area contributed by atoms with E-state index in [-0.39, 0.29) is 17.3 Å². The van der Waals surface area contributed by atoms with E-state index in [9.17, 15) is 8.42 Å². The molecule has 2 aromatic rings. The first kappa shape index (κ1) is 15.0. The number of anilines is 1. The number of aromatic nitrogens is 2. The van der Waals surface area contributed by atoms with Crippen molar-refractivity contribution >= 4 is 15.8 Å². The van der Waals surface area contributed by atoms with Crippen molar-refractivity contribution in [2.24, 2.45) is 0 Å². The van der Waals surface area contributed by atoms with Crippen molar-refractivity contribution in [1.29, 1.82) is 0 Å². The number of rotatable bonds is 3. The summed E-state index contributed by atoms with van der Waals surface area (Å²) in [5.41, 5.74) is 1.12. The van der Waals surface area contributed by atoms with E-state index >= 15 is 0 Å². The van der Waals surface area contributed by atoms with Gasteiger partial charge in [0.25, 0.3) is 10.0 Å². The Kier molecular flexibility index (Phi) is 4.52. The lowest BCUT2D eigenvalue weighted by Crippen LogP contribution is -2.15. The van der Waals surface area contributed by atoms with Crippen LogP contribution in [0.1, 0.15) is 11.1 Å². The maximum Gasteiger partial charge on any atom is 0.264 e. The number of aryl methyl sites for hydroxylation is 1. The third kappa shape index (κ3) is 3.78. The van der Waals surface area contributed by atoms with Gasteiger partial charge in [0, 0.05) is 24.2 Å². The van der Waals surface area contributed by atoms with E-state index in [1.165, 1.54) is 24.7 Å². The van der Waals surface area contributed by atoms with E-state index in [1.807, 2.05) is 0 Å². The van der Waals surface area contributed by atoms with Crippen LogP contribution < -0.4 is 4.72 Å². The molecular formula is C14H13N3O3S. The largest absolute Gasteiger partial charge is 0.384 e. The van der Waals surface area contributed by atoms with Crippen LogP contribution in [0.2, 0.25) is 0 Å². The van der Waals surface area contributed by atoms with Crippen molar-refractivity contribution in [3.05, 3.63) is 47.9 Å². The number of sulfonamides is 1. The Balaban J connectivity index is 2.34. The van der Waals surface area contributed by atoms with Gasteiger partial charge in [-0.2, -0.15) is 0 Å². The Bertz CT molecular complexity index is 807. The molecule has 0 saturated carbocycles. The molecule has 0 amide bonds. The molecule has 0 atom stereocenters. The van der Waals surface area contributed by atoms with Crippen LogP contribution in [0.3, 0.4) is 0 Å². The molecule has 2 rings (SSSR count). The van der Waals surface area contributed by atoms with Crippen LogP contribution in [-0.2, 0) is 10.0 Å². The van der Waals surface area contributed by atoms with Crippen molar-refractivity contribution in [3.8, 4) is 11.8 Å². The molecule has 108 valence electrons. The average Bonchev–Trinajstić information content (AvgIpc) is 2.48. The van der Waals surface area contributed by atoms with Gasteiger partial charge in [-0.1, -0.05) is 17.9 Å². The van der Waals surface area contributed by atoms with Crippen molar-refractivity contribution in [3.63, 3.8) is 0 Å². The number of aliphatic hydroxyl groups excluding tert-OH is 1. The molecule has 6 nitrogen and oxygen atoms in total. The molecule has 0 bridgehead atoms. The van der Waals surface area contributed by atoms with E-state index in [4.69, 9.17) is 5.11 Å². The van der Waals surface area contributed by atoms with Gasteiger partial charge in [-0.25, -0.2) is 13.4 Å². The molecule has 0 aliphatic rings. The maximum atomic E-state index is 12.3. The molecule has 0 aromatic carbocycles. The first-order valence-electron chi connectivity index (χ1n) is 6.02. The zero-order valence-corrected chi connectivity index (χ0v) is 12.1. The molecule has 0 radical (unpaired) electrons. The van der Waals surface area contributed by atoms with E-state index in [2.05, 4.69) is 26.5 Å². The van der Waals surface area contributed by atoms with Crippen molar-refractivity contribution in [1.82, 2.24) is 9.97 Å². The molecule has 0 unspecified atom stereocenters. The molecule has 2 N–H and O–H groups in total. The van der Waals surface area contributed by atoms with Crippen molar-refractivity contribution in [2.75, 3.05) is 11.3 Å². The highest BCUT2D eigenvalue weighted by Crippen LogP contribution is 2.16. The zero-order chi connectivity index (χ0) is 15.3. The molecule has 0 spiro atoms. The third-order valence-electron chi connectivity index (χ3n) is 2.58. The standard InChI is InChI=1S/C14H13N3O3S/c1-11-4-2-6-16-14(11)17-21(19,20)13-8-12(5-3-7-18)9-15-10-13/h2,4,6,8-10,18H,7H2,1H3,(H,16,17). The van der Waals surface area contributed by atoms with Gasteiger partial charge in [-0.05, 0) is 24.6 Å². The molecule has 0 fully saturated rings. The summed E-state index contributed by atoms with van der Waals surface area (Å²) in [6, 6.07) is 4.86. The molecule has 2 heterocycles. The van der Waals surface area contributed by atoms with Crippen molar-refractivity contribution < 1.29 is 13.5 Å². The second-order valence-electron chi connectivity index (χ2n) is 4.14. The summed E-state index contributed by atoms with van der Waals surface area (Å²) in [6.07, 6.45) is 4.16. The summed E-state index contributed by atoms with van der Waals surface area (Å²) >= 11 is 0. The van der Waals surface area contributed by atoms with Gasteiger partial charge in [-0.3, -0.25) is 9.71 Å². The van der Waals surface area contributed by atoms with E-state index in [0.717, 1.165) is 0 Å². The predicted molar refractivity (Wildman–Crippen MR) is 78.0 cm³/mol. The Morgan fingerprint density at radius 1 is 1.38 bits per heavy atom. The fourth-order valence-electron chi connectivity index (χ4n) is 1.55. The molecular weight excluding hydrogens is 290 g/mol. The lowest BCUT2D eigenvalue weighted by Gasteiger charge is -2.09. The number of nitrogens with zero attached hydrogens (tertiary/aromatic N) is 2. The molecule has 2 aromatic heterocycles. The minimum atomic E-state index is -3.79. The SMILES string of the molecule is Cc1cccnc1NS(=O)(=O)c1cncc(C#CCO)c1. The lowest BCUT2D eigenvalue weighted by molar-refractivity contribution is 0.350. The number of aliphatic hydroxyl groups is 1. The van der Waals surface area contributed by atoms with Gasteiger partial charge >= 0.3 is 0 Å². The first-order valence-corrected chi connectivity index (χ1v) is 7.50. The Morgan fingerprint density at radius 2 is 2.19 bits per heavy atom. The van der Waals surface area contributed by atoms with Crippen LogP contribution in [0.4, 0.5) is 5.82 Å². The van der Waals surface area contributed by atoms with E-state index in [0.29, 0.717) is 11.1 Å². The summed E-state index contributed by atoms with van der Waals surface area (Å²) in [7, 11) is -3.79. The van der Waals surface area contributed by atoms with Gasteiger partial charge in [0.15, 0.2) is 0 Å². The van der Waals surface area contributed by atoms with Crippen LogP contribution in [0, 0.1) is 18.8 Å². The monoisotopic (exact) mass is 303 g/mol. The predicted octanol–water partition coefficient (Wildman–Crippen LogP) is 0.930. The number of nitrogens with one attached hydrogen (secondary N) is 1. The van der Waals surface area contributed by atoms with E-state index in [1.54, 1.807) is 19.1 Å². The highest BCUT2D eigenvalue weighted by molar-refractivity contribution is 7.92. The van der Waals surface area contributed by atoms with Crippen LogP contribution in [0.15, 0.2) is 41.7 Å². The van der Waals surface area contributed by atoms with Crippen LogP contribution in [0.25, 0.3) is 0 Å². The van der Waals surface area contributed by atoms with Crippen LogP contribution >= 0.6 is 0 Å². The Hall–Kier alpha value is -2.43.